The fourth-order valence-corrected chi connectivity index (χ4v) is 6.65. The molecule has 6 saturated heterocycles. The lowest BCUT2D eigenvalue weighted by atomic mass is 9.73. The van der Waals surface area contributed by atoms with Crippen LogP contribution in [0, 0.1) is 11.3 Å². The highest BCUT2D eigenvalue weighted by atomic mass is 16.5. The van der Waals surface area contributed by atoms with Crippen LogP contribution in [0.25, 0.3) is 0 Å². The van der Waals surface area contributed by atoms with Gasteiger partial charge in [0.15, 0.2) is 0 Å². The summed E-state index contributed by atoms with van der Waals surface area (Å²) in [5.41, 5.74) is 3.58. The fraction of sp³-hybridized carbons (Fsp3) is 0.657. The minimum absolute atomic E-state index is 0.188. The van der Waals surface area contributed by atoms with E-state index in [0.29, 0.717) is 11.5 Å². The lowest BCUT2D eigenvalue weighted by Gasteiger charge is -2.48. The Morgan fingerprint density at radius 2 is 1.33 bits per heavy atom. The molecule has 0 N–H and O–H groups in total. The SMILES string of the molecule is CC(C)(C)c1ccc(OC2CN3CCC2CC3)cc1.CC(C)(C)c1cccc(OCC23CCN(CC2)CC3)c1. The van der Waals surface area contributed by atoms with E-state index in [0.717, 1.165) is 30.6 Å². The van der Waals surface area contributed by atoms with Gasteiger partial charge in [0.05, 0.1) is 6.61 Å². The summed E-state index contributed by atoms with van der Waals surface area (Å²) in [6, 6.07) is 17.3. The van der Waals surface area contributed by atoms with Crippen molar-refractivity contribution in [1.82, 2.24) is 9.80 Å². The summed E-state index contributed by atoms with van der Waals surface area (Å²) in [6.07, 6.45) is 6.96. The number of hydrogen-bond donors (Lipinski definition) is 0. The molecule has 39 heavy (non-hydrogen) atoms. The van der Waals surface area contributed by atoms with Crippen molar-refractivity contribution in [3.05, 3.63) is 59.7 Å². The third kappa shape index (κ3) is 7.19. The first-order valence-corrected chi connectivity index (χ1v) is 15.4. The average Bonchev–Trinajstić information content (AvgIpc) is 2.94. The molecule has 6 heterocycles. The molecule has 0 radical (unpaired) electrons. The molecule has 6 aliphatic rings. The molecular formula is C35H52N2O2. The summed E-state index contributed by atoms with van der Waals surface area (Å²) in [6.45, 7) is 21.9. The quantitative estimate of drug-likeness (QED) is 0.403. The van der Waals surface area contributed by atoms with E-state index in [1.165, 1.54) is 76.0 Å². The predicted molar refractivity (Wildman–Crippen MR) is 162 cm³/mol. The number of fused-ring (bicyclic) bond motifs is 6. The maximum Gasteiger partial charge on any atom is 0.119 e. The molecule has 2 aromatic rings. The van der Waals surface area contributed by atoms with Crippen LogP contribution in [0.2, 0.25) is 0 Å². The lowest BCUT2D eigenvalue weighted by molar-refractivity contribution is -0.00777. The van der Waals surface area contributed by atoms with Crippen LogP contribution in [0.4, 0.5) is 0 Å². The van der Waals surface area contributed by atoms with Crippen molar-refractivity contribution in [3.8, 4) is 11.5 Å². The molecule has 0 aromatic heterocycles. The molecule has 6 aliphatic heterocycles. The van der Waals surface area contributed by atoms with E-state index >= 15 is 0 Å². The minimum atomic E-state index is 0.188. The topological polar surface area (TPSA) is 24.9 Å². The van der Waals surface area contributed by atoms with Gasteiger partial charge in [-0.2, -0.15) is 0 Å². The van der Waals surface area contributed by atoms with Crippen LogP contribution >= 0.6 is 0 Å². The van der Waals surface area contributed by atoms with Gasteiger partial charge in [-0.25, -0.2) is 0 Å². The highest BCUT2D eigenvalue weighted by Gasteiger charge is 2.40. The van der Waals surface area contributed by atoms with Crippen molar-refractivity contribution in [1.29, 1.82) is 0 Å². The highest BCUT2D eigenvalue weighted by Crippen LogP contribution is 2.40. The summed E-state index contributed by atoms with van der Waals surface area (Å²) in [5.74, 6) is 2.85. The molecule has 8 rings (SSSR count). The van der Waals surface area contributed by atoms with Crippen LogP contribution in [-0.2, 0) is 10.8 Å². The predicted octanol–water partition coefficient (Wildman–Crippen LogP) is 7.31. The molecule has 0 aliphatic carbocycles. The number of nitrogens with zero attached hydrogens (tertiary/aromatic N) is 2. The van der Waals surface area contributed by atoms with Gasteiger partial charge in [0.2, 0.25) is 0 Å². The molecule has 1 unspecified atom stereocenters. The van der Waals surface area contributed by atoms with Gasteiger partial charge in [-0.05, 0) is 117 Å². The second kappa shape index (κ2) is 11.4. The smallest absolute Gasteiger partial charge is 0.119 e. The molecule has 2 aromatic carbocycles. The van der Waals surface area contributed by atoms with Gasteiger partial charge < -0.3 is 14.4 Å². The van der Waals surface area contributed by atoms with Crippen LogP contribution in [0.5, 0.6) is 11.5 Å². The number of rotatable bonds is 5. The molecular weight excluding hydrogens is 480 g/mol. The van der Waals surface area contributed by atoms with E-state index in [-0.39, 0.29) is 10.8 Å². The molecule has 4 bridgehead atoms. The first-order chi connectivity index (χ1) is 18.5. The van der Waals surface area contributed by atoms with E-state index in [2.05, 4.69) is 99.9 Å². The minimum Gasteiger partial charge on any atom is -0.493 e. The Kier molecular flexibility index (Phi) is 8.36. The summed E-state index contributed by atoms with van der Waals surface area (Å²) in [5, 5.41) is 0. The van der Waals surface area contributed by atoms with E-state index < -0.39 is 0 Å². The monoisotopic (exact) mass is 532 g/mol. The van der Waals surface area contributed by atoms with Crippen molar-refractivity contribution >= 4 is 0 Å². The average molecular weight is 533 g/mol. The van der Waals surface area contributed by atoms with Gasteiger partial charge in [0.1, 0.15) is 17.6 Å². The first kappa shape index (κ1) is 28.5. The number of ether oxygens (including phenoxy) is 2. The second-order valence-corrected chi connectivity index (χ2v) is 14.7. The Morgan fingerprint density at radius 3 is 1.87 bits per heavy atom. The Balaban J connectivity index is 0.000000158. The zero-order valence-corrected chi connectivity index (χ0v) is 25.5. The summed E-state index contributed by atoms with van der Waals surface area (Å²) in [4.78, 5) is 5.12. The van der Waals surface area contributed by atoms with E-state index in [4.69, 9.17) is 9.47 Å². The molecule has 4 nitrogen and oxygen atoms in total. The van der Waals surface area contributed by atoms with Gasteiger partial charge in [-0.1, -0.05) is 65.8 Å². The summed E-state index contributed by atoms with van der Waals surface area (Å²) < 4.78 is 12.4. The Bertz CT molecular complexity index is 1050. The first-order valence-electron chi connectivity index (χ1n) is 15.4. The van der Waals surface area contributed by atoms with Crippen LogP contribution in [0.3, 0.4) is 0 Å². The van der Waals surface area contributed by atoms with Crippen molar-refractivity contribution in [2.75, 3.05) is 45.9 Å². The van der Waals surface area contributed by atoms with Crippen molar-refractivity contribution in [3.63, 3.8) is 0 Å². The van der Waals surface area contributed by atoms with E-state index in [1.54, 1.807) is 0 Å². The van der Waals surface area contributed by atoms with Crippen molar-refractivity contribution < 1.29 is 9.47 Å². The van der Waals surface area contributed by atoms with E-state index in [9.17, 15) is 0 Å². The van der Waals surface area contributed by atoms with Gasteiger partial charge >= 0.3 is 0 Å². The second-order valence-electron chi connectivity index (χ2n) is 14.7. The number of hydrogen-bond acceptors (Lipinski definition) is 4. The zero-order valence-electron chi connectivity index (χ0n) is 25.5. The molecule has 4 heteroatoms. The normalized spacial score (nSPS) is 29.9. The third-order valence-corrected chi connectivity index (χ3v) is 9.72. The highest BCUT2D eigenvalue weighted by molar-refractivity contribution is 5.33. The maximum absolute atomic E-state index is 6.22. The Labute approximate surface area is 238 Å². The van der Waals surface area contributed by atoms with Gasteiger partial charge in [-0.15, -0.1) is 0 Å². The Morgan fingerprint density at radius 1 is 0.718 bits per heavy atom. The molecule has 1 atom stereocenters. The molecule has 214 valence electrons. The standard InChI is InChI=1S/C18H27NO.C17H25NO/c1-17(2,3)15-5-4-6-16(13-15)20-14-18-7-10-19(11-8-18)12-9-18;1-17(2,3)14-4-6-15(7-5-14)19-16-12-18-10-8-13(16)9-11-18/h4-6,13H,7-12,14H2,1-3H3;4-7,13,16H,8-12H2,1-3H3. The summed E-state index contributed by atoms with van der Waals surface area (Å²) in [7, 11) is 0. The molecule has 0 spiro atoms. The maximum atomic E-state index is 6.22. The van der Waals surface area contributed by atoms with E-state index in [1.807, 2.05) is 0 Å². The van der Waals surface area contributed by atoms with Crippen molar-refractivity contribution in [2.45, 2.75) is 90.6 Å². The summed E-state index contributed by atoms with van der Waals surface area (Å²) >= 11 is 0. The zero-order chi connectivity index (χ0) is 27.7. The lowest BCUT2D eigenvalue weighted by Crippen LogP contribution is -2.52. The van der Waals surface area contributed by atoms with Crippen LogP contribution in [-0.4, -0.2) is 61.8 Å². The van der Waals surface area contributed by atoms with Crippen LogP contribution in [0.1, 0.15) is 84.8 Å². The molecule has 0 amide bonds. The largest absolute Gasteiger partial charge is 0.493 e. The third-order valence-electron chi connectivity index (χ3n) is 9.72. The number of piperidine rings is 6. The van der Waals surface area contributed by atoms with Gasteiger partial charge in [-0.3, -0.25) is 4.90 Å². The van der Waals surface area contributed by atoms with Crippen LogP contribution in [0.15, 0.2) is 48.5 Å². The number of benzene rings is 2. The fourth-order valence-electron chi connectivity index (χ4n) is 6.65. The van der Waals surface area contributed by atoms with Crippen molar-refractivity contribution in [2.24, 2.45) is 11.3 Å². The molecule has 6 fully saturated rings. The van der Waals surface area contributed by atoms with Gasteiger partial charge in [0, 0.05) is 12.0 Å². The van der Waals surface area contributed by atoms with Gasteiger partial charge in [0.25, 0.3) is 0 Å². The Hall–Kier alpha value is -2.04. The van der Waals surface area contributed by atoms with Crippen LogP contribution < -0.4 is 9.47 Å². The molecule has 0 saturated carbocycles.